The van der Waals surface area contributed by atoms with E-state index in [4.69, 9.17) is 0 Å². The smallest absolute Gasteiger partial charge is 0.223 e. The maximum absolute atomic E-state index is 11.0. The lowest BCUT2D eigenvalue weighted by molar-refractivity contribution is -0.115. The molecule has 0 saturated carbocycles. The van der Waals surface area contributed by atoms with Gasteiger partial charge in [0.15, 0.2) is 0 Å². The molecule has 3 rings (SSSR count). The molecule has 3 heterocycles. The molecular weight excluding hydrogens is 352 g/mol. The van der Waals surface area contributed by atoms with Gasteiger partial charge in [0.2, 0.25) is 32.3 Å². The molecule has 3 N–H and O–H groups in total. The Morgan fingerprint density at radius 2 is 1.62 bits per heavy atom. The number of carbonyl (C=O) groups is 2. The maximum atomic E-state index is 11.0. The molecule has 2 aromatic rings. The Labute approximate surface area is 145 Å². The lowest BCUT2D eigenvalue weighted by atomic mass is 10.3. The van der Waals surface area contributed by atoms with E-state index in [1.165, 1.54) is 36.5 Å². The van der Waals surface area contributed by atoms with Crippen molar-refractivity contribution in [1.29, 1.82) is 0 Å². The first-order valence-electron chi connectivity index (χ1n) is 7.23. The van der Waals surface area contributed by atoms with Crippen LogP contribution in [0.3, 0.4) is 0 Å². The Hall–Kier alpha value is -2.34. The Morgan fingerprint density at radius 3 is 2.33 bits per heavy atom. The fourth-order valence-corrected chi connectivity index (χ4v) is 3.85. The molecule has 0 bridgehead atoms. The molecule has 0 aromatic carbocycles. The molecule has 0 radical (unpaired) electrons. The summed E-state index contributed by atoms with van der Waals surface area (Å²) in [7, 11) is 0. The minimum Gasteiger partial charge on any atom is -0.355 e. The SMILES string of the molecule is CC(=O)Nc1nnc(NC2CCN(c3nnc(NC(C)=O)s3)C2)s1. The zero-order valence-electron chi connectivity index (χ0n) is 13.1. The molecule has 0 aliphatic carbocycles. The second-order valence-electron chi connectivity index (χ2n) is 5.24. The summed E-state index contributed by atoms with van der Waals surface area (Å²) >= 11 is 2.65. The third-order valence-electron chi connectivity index (χ3n) is 3.19. The average molecular weight is 368 g/mol. The molecule has 1 fully saturated rings. The van der Waals surface area contributed by atoms with E-state index < -0.39 is 0 Å². The molecule has 2 aromatic heterocycles. The highest BCUT2D eigenvalue weighted by molar-refractivity contribution is 7.19. The quantitative estimate of drug-likeness (QED) is 0.714. The Bertz CT molecular complexity index is 745. The molecular formula is C12H16N8O2S2. The minimum absolute atomic E-state index is 0.162. The predicted octanol–water partition coefficient (Wildman–Crippen LogP) is 0.997. The lowest BCUT2D eigenvalue weighted by Crippen LogP contribution is -2.25. The van der Waals surface area contributed by atoms with Crippen LogP contribution in [-0.2, 0) is 9.59 Å². The average Bonchev–Trinajstić information content (AvgIpc) is 3.19. The number of carbonyl (C=O) groups excluding carboxylic acids is 2. The molecule has 1 aliphatic heterocycles. The molecule has 10 nitrogen and oxygen atoms in total. The standard InChI is InChI=1S/C12H16N8O2S2/c1-6(21)13-9-16-17-11(23-9)15-8-3-4-20(5-8)12-19-18-10(24-12)14-7(2)22/h8H,3-5H2,1-2H3,(H,15,17)(H,13,16,21)(H,14,18,22). The van der Waals surface area contributed by atoms with Gasteiger partial charge in [0, 0.05) is 33.0 Å². The van der Waals surface area contributed by atoms with Crippen molar-refractivity contribution >= 4 is 55.0 Å². The second-order valence-corrected chi connectivity index (χ2v) is 7.17. The van der Waals surface area contributed by atoms with Crippen LogP contribution >= 0.6 is 22.7 Å². The van der Waals surface area contributed by atoms with Crippen LogP contribution in [0.25, 0.3) is 0 Å². The topological polar surface area (TPSA) is 125 Å². The number of nitrogens with zero attached hydrogens (tertiary/aromatic N) is 5. The van der Waals surface area contributed by atoms with Crippen LogP contribution in [0.4, 0.5) is 20.5 Å². The zero-order valence-corrected chi connectivity index (χ0v) is 14.7. The lowest BCUT2D eigenvalue weighted by Gasteiger charge is -2.14. The Morgan fingerprint density at radius 1 is 1.00 bits per heavy atom. The van der Waals surface area contributed by atoms with Crippen molar-refractivity contribution in [3.8, 4) is 0 Å². The van der Waals surface area contributed by atoms with Crippen molar-refractivity contribution in [3.05, 3.63) is 0 Å². The summed E-state index contributed by atoms with van der Waals surface area (Å²) in [5.74, 6) is -0.333. The summed E-state index contributed by atoms with van der Waals surface area (Å²) in [5, 5.41) is 27.0. The van der Waals surface area contributed by atoms with E-state index >= 15 is 0 Å². The van der Waals surface area contributed by atoms with Gasteiger partial charge in [-0.25, -0.2) is 0 Å². The number of nitrogens with one attached hydrogen (secondary N) is 3. The molecule has 1 saturated heterocycles. The first kappa shape index (κ1) is 16.5. The zero-order chi connectivity index (χ0) is 17.1. The van der Waals surface area contributed by atoms with E-state index in [1.54, 1.807) is 0 Å². The molecule has 1 aliphatic rings. The summed E-state index contributed by atoms with van der Waals surface area (Å²) in [5.41, 5.74) is 0. The van der Waals surface area contributed by atoms with Crippen LogP contribution in [0.15, 0.2) is 0 Å². The molecule has 0 spiro atoms. The van der Waals surface area contributed by atoms with Gasteiger partial charge in [0.05, 0.1) is 0 Å². The van der Waals surface area contributed by atoms with E-state index in [-0.39, 0.29) is 17.9 Å². The van der Waals surface area contributed by atoms with Crippen molar-refractivity contribution in [2.45, 2.75) is 26.3 Å². The summed E-state index contributed by atoms with van der Waals surface area (Å²) in [6, 6.07) is 0.205. The van der Waals surface area contributed by atoms with Crippen LogP contribution in [0.1, 0.15) is 20.3 Å². The van der Waals surface area contributed by atoms with Crippen molar-refractivity contribution in [2.24, 2.45) is 0 Å². The highest BCUT2D eigenvalue weighted by Crippen LogP contribution is 2.29. The predicted molar refractivity (Wildman–Crippen MR) is 92.7 cm³/mol. The summed E-state index contributed by atoms with van der Waals surface area (Å²) < 4.78 is 0. The number of anilines is 4. The molecule has 12 heteroatoms. The van der Waals surface area contributed by atoms with Crippen molar-refractivity contribution in [2.75, 3.05) is 33.9 Å². The van der Waals surface area contributed by atoms with Gasteiger partial charge in [-0.05, 0) is 6.42 Å². The van der Waals surface area contributed by atoms with Gasteiger partial charge in [-0.2, -0.15) is 0 Å². The van der Waals surface area contributed by atoms with Crippen LogP contribution in [0.5, 0.6) is 0 Å². The van der Waals surface area contributed by atoms with Gasteiger partial charge >= 0.3 is 0 Å². The van der Waals surface area contributed by atoms with Gasteiger partial charge in [0.1, 0.15) is 0 Å². The van der Waals surface area contributed by atoms with Gasteiger partial charge in [-0.15, -0.1) is 20.4 Å². The molecule has 24 heavy (non-hydrogen) atoms. The monoisotopic (exact) mass is 368 g/mol. The largest absolute Gasteiger partial charge is 0.355 e. The molecule has 2 amide bonds. The van der Waals surface area contributed by atoms with Gasteiger partial charge in [-0.3, -0.25) is 9.59 Å². The number of aromatic nitrogens is 4. The van der Waals surface area contributed by atoms with Crippen LogP contribution < -0.4 is 20.9 Å². The van der Waals surface area contributed by atoms with Crippen LogP contribution in [-0.4, -0.2) is 51.3 Å². The van der Waals surface area contributed by atoms with Crippen LogP contribution in [0, 0.1) is 0 Å². The Balaban J connectivity index is 1.55. The first-order valence-corrected chi connectivity index (χ1v) is 8.86. The number of amides is 2. The number of rotatable bonds is 5. The first-order chi connectivity index (χ1) is 11.5. The fraction of sp³-hybridized carbons (Fsp3) is 0.500. The summed E-state index contributed by atoms with van der Waals surface area (Å²) in [6.45, 7) is 4.46. The minimum atomic E-state index is -0.170. The molecule has 1 unspecified atom stereocenters. The third kappa shape index (κ3) is 4.14. The van der Waals surface area contributed by atoms with Gasteiger partial charge in [-0.1, -0.05) is 22.7 Å². The normalized spacial score (nSPS) is 16.9. The highest BCUT2D eigenvalue weighted by Gasteiger charge is 2.26. The highest BCUT2D eigenvalue weighted by atomic mass is 32.1. The summed E-state index contributed by atoms with van der Waals surface area (Å²) in [4.78, 5) is 24.1. The van der Waals surface area contributed by atoms with Gasteiger partial charge < -0.3 is 20.9 Å². The number of hydrogen-bond acceptors (Lipinski definition) is 10. The number of hydrogen-bond donors (Lipinski definition) is 3. The van der Waals surface area contributed by atoms with Crippen molar-refractivity contribution in [1.82, 2.24) is 20.4 Å². The molecule has 1 atom stereocenters. The van der Waals surface area contributed by atoms with E-state index in [0.717, 1.165) is 24.6 Å². The van der Waals surface area contributed by atoms with E-state index in [2.05, 4.69) is 41.2 Å². The molecule has 128 valence electrons. The maximum Gasteiger partial charge on any atom is 0.223 e. The van der Waals surface area contributed by atoms with Crippen molar-refractivity contribution in [3.63, 3.8) is 0 Å². The van der Waals surface area contributed by atoms with E-state index in [1.807, 2.05) is 0 Å². The van der Waals surface area contributed by atoms with Crippen LogP contribution in [0.2, 0.25) is 0 Å². The van der Waals surface area contributed by atoms with E-state index in [0.29, 0.717) is 15.4 Å². The van der Waals surface area contributed by atoms with Gasteiger partial charge in [0.25, 0.3) is 0 Å². The van der Waals surface area contributed by atoms with E-state index in [9.17, 15) is 9.59 Å². The van der Waals surface area contributed by atoms with Crippen molar-refractivity contribution < 1.29 is 9.59 Å². The second kappa shape index (κ2) is 7.05. The third-order valence-corrected chi connectivity index (χ3v) is 4.86. The summed E-state index contributed by atoms with van der Waals surface area (Å²) in [6.07, 6.45) is 0.921. The Kier molecular flexibility index (Phi) is 4.85. The fourth-order valence-electron chi connectivity index (χ4n) is 2.25.